The third kappa shape index (κ3) is 4.55. The van der Waals surface area contributed by atoms with Gasteiger partial charge >= 0.3 is 0 Å². The quantitative estimate of drug-likeness (QED) is 0.442. The summed E-state index contributed by atoms with van der Waals surface area (Å²) in [4.78, 5) is 12.4. The molecular formula is C26H23N3O2S. The molecule has 0 fully saturated rings. The van der Waals surface area contributed by atoms with Crippen LogP contribution >= 0.6 is 11.8 Å². The van der Waals surface area contributed by atoms with Crippen LogP contribution in [0.3, 0.4) is 0 Å². The van der Waals surface area contributed by atoms with Crippen LogP contribution < -0.4 is 10.1 Å². The van der Waals surface area contributed by atoms with Gasteiger partial charge in [0.2, 0.25) is 5.91 Å². The van der Waals surface area contributed by atoms with Crippen molar-refractivity contribution in [1.29, 1.82) is 0 Å². The second-order valence-electron chi connectivity index (χ2n) is 7.67. The van der Waals surface area contributed by atoms with E-state index in [9.17, 15) is 4.79 Å². The Morgan fingerprint density at radius 2 is 1.62 bits per heavy atom. The molecule has 1 amide bonds. The summed E-state index contributed by atoms with van der Waals surface area (Å²) >= 11 is 1.62. The van der Waals surface area contributed by atoms with Gasteiger partial charge < -0.3 is 10.1 Å². The van der Waals surface area contributed by atoms with Crippen LogP contribution in [0.5, 0.6) is 5.75 Å². The van der Waals surface area contributed by atoms with Crippen molar-refractivity contribution in [3.05, 3.63) is 113 Å². The predicted octanol–water partition coefficient (Wildman–Crippen LogP) is 5.29. The molecule has 160 valence electrons. The van der Waals surface area contributed by atoms with E-state index in [0.29, 0.717) is 18.9 Å². The topological polar surface area (TPSA) is 56.1 Å². The molecule has 0 bridgehead atoms. The summed E-state index contributed by atoms with van der Waals surface area (Å²) < 4.78 is 7.80. The van der Waals surface area contributed by atoms with Crippen molar-refractivity contribution in [2.75, 3.05) is 11.1 Å². The van der Waals surface area contributed by atoms with E-state index in [1.54, 1.807) is 11.8 Å². The van der Waals surface area contributed by atoms with E-state index in [1.165, 1.54) is 0 Å². The molecule has 0 saturated carbocycles. The predicted molar refractivity (Wildman–Crippen MR) is 128 cm³/mol. The van der Waals surface area contributed by atoms with Crippen molar-refractivity contribution in [1.82, 2.24) is 9.78 Å². The Kier molecular flexibility index (Phi) is 5.94. The number of thioether (sulfide) groups is 1. The van der Waals surface area contributed by atoms with Crippen molar-refractivity contribution in [3.8, 4) is 5.75 Å². The van der Waals surface area contributed by atoms with Gasteiger partial charge in [0.05, 0.1) is 23.7 Å². The Morgan fingerprint density at radius 3 is 2.34 bits per heavy atom. The van der Waals surface area contributed by atoms with Crippen molar-refractivity contribution in [2.45, 2.75) is 18.4 Å². The van der Waals surface area contributed by atoms with Gasteiger partial charge in [-0.3, -0.25) is 4.79 Å². The van der Waals surface area contributed by atoms with E-state index in [1.807, 2.05) is 59.4 Å². The number of carbonyl (C=O) groups excluding carboxylic acids is 1. The van der Waals surface area contributed by atoms with Crippen LogP contribution in [0.15, 0.2) is 91.1 Å². The highest BCUT2D eigenvalue weighted by Crippen LogP contribution is 2.41. The number of nitrogens with one attached hydrogen (secondary N) is 1. The lowest BCUT2D eigenvalue weighted by Crippen LogP contribution is -2.16. The number of fused-ring (bicyclic) bond motifs is 1. The summed E-state index contributed by atoms with van der Waals surface area (Å²) in [5, 5.41) is 7.67. The van der Waals surface area contributed by atoms with E-state index in [0.717, 1.165) is 33.8 Å². The molecule has 1 aromatic heterocycles. The van der Waals surface area contributed by atoms with Crippen molar-refractivity contribution in [3.63, 3.8) is 0 Å². The third-order valence-electron chi connectivity index (χ3n) is 5.40. The number of amides is 1. The Bertz CT molecular complexity index is 1190. The van der Waals surface area contributed by atoms with Crippen LogP contribution in [-0.2, 0) is 17.9 Å². The summed E-state index contributed by atoms with van der Waals surface area (Å²) in [6, 6.07) is 28.4. The van der Waals surface area contributed by atoms with E-state index < -0.39 is 0 Å². The zero-order valence-corrected chi connectivity index (χ0v) is 18.3. The summed E-state index contributed by atoms with van der Waals surface area (Å²) in [5.74, 6) is 2.00. The largest absolute Gasteiger partial charge is 0.489 e. The standard InChI is InChI=1S/C26H23N3O2S/c30-24-18-32-25(21-11-13-22(14-12-21)31-17-20-9-5-2-6-10-20)23-15-27-29(26(23)28-24)16-19-7-3-1-4-8-19/h1-15,25H,16-18H2,(H,28,30)/t25-/m0/s1. The van der Waals surface area contributed by atoms with E-state index >= 15 is 0 Å². The lowest BCUT2D eigenvalue weighted by atomic mass is 10.1. The molecule has 0 radical (unpaired) electrons. The van der Waals surface area contributed by atoms with Gasteiger partial charge in [-0.15, -0.1) is 11.8 Å². The number of hydrogen-bond donors (Lipinski definition) is 1. The molecule has 0 aliphatic carbocycles. The smallest absolute Gasteiger partial charge is 0.235 e. The highest BCUT2D eigenvalue weighted by molar-refractivity contribution is 8.00. The van der Waals surface area contributed by atoms with Crippen LogP contribution in [-0.4, -0.2) is 21.4 Å². The maximum absolute atomic E-state index is 12.4. The molecule has 1 atom stereocenters. The van der Waals surface area contributed by atoms with Gasteiger partial charge in [0, 0.05) is 5.56 Å². The molecule has 1 N–H and O–H groups in total. The maximum Gasteiger partial charge on any atom is 0.235 e. The molecule has 4 aromatic rings. The van der Waals surface area contributed by atoms with Crippen molar-refractivity contribution in [2.24, 2.45) is 0 Å². The summed E-state index contributed by atoms with van der Waals surface area (Å²) in [5.41, 5.74) is 4.42. The summed E-state index contributed by atoms with van der Waals surface area (Å²) in [6.07, 6.45) is 1.88. The lowest BCUT2D eigenvalue weighted by molar-refractivity contribution is -0.113. The number of carbonyl (C=O) groups is 1. The molecular weight excluding hydrogens is 418 g/mol. The van der Waals surface area contributed by atoms with Gasteiger partial charge in [-0.25, -0.2) is 4.68 Å². The normalized spacial score (nSPS) is 15.5. The number of benzene rings is 3. The molecule has 0 spiro atoms. The third-order valence-corrected chi connectivity index (χ3v) is 6.68. The van der Waals surface area contributed by atoms with Crippen molar-refractivity contribution >= 4 is 23.5 Å². The maximum atomic E-state index is 12.4. The minimum absolute atomic E-state index is 0.00336. The first-order chi connectivity index (χ1) is 15.8. The molecule has 1 aliphatic rings. The molecule has 2 heterocycles. The van der Waals surface area contributed by atoms with Crippen LogP contribution in [0.4, 0.5) is 5.82 Å². The molecule has 6 heteroatoms. The fraction of sp³-hybridized carbons (Fsp3) is 0.154. The second-order valence-corrected chi connectivity index (χ2v) is 8.77. The Labute approximate surface area is 191 Å². The first-order valence-electron chi connectivity index (χ1n) is 10.5. The minimum atomic E-state index is -0.00336. The van der Waals surface area contributed by atoms with Crippen LogP contribution in [0, 0.1) is 0 Å². The Morgan fingerprint density at radius 1 is 0.938 bits per heavy atom. The molecule has 5 nitrogen and oxygen atoms in total. The SMILES string of the molecule is O=C1CS[C@@H](c2ccc(OCc3ccccc3)cc2)c2cnn(Cc3ccccc3)c2N1. The average Bonchev–Trinajstić information content (AvgIpc) is 3.12. The number of nitrogens with zero attached hydrogens (tertiary/aromatic N) is 2. The molecule has 0 unspecified atom stereocenters. The number of anilines is 1. The molecule has 32 heavy (non-hydrogen) atoms. The average molecular weight is 442 g/mol. The first kappa shape index (κ1) is 20.4. The number of aromatic nitrogens is 2. The summed E-state index contributed by atoms with van der Waals surface area (Å²) in [7, 11) is 0. The zero-order valence-electron chi connectivity index (χ0n) is 17.5. The van der Waals surface area contributed by atoms with Gasteiger partial charge in [-0.1, -0.05) is 72.8 Å². The minimum Gasteiger partial charge on any atom is -0.489 e. The van der Waals surface area contributed by atoms with E-state index in [-0.39, 0.29) is 11.2 Å². The monoisotopic (exact) mass is 441 g/mol. The summed E-state index contributed by atoms with van der Waals surface area (Å²) in [6.45, 7) is 1.15. The van der Waals surface area contributed by atoms with Gasteiger partial charge in [0.1, 0.15) is 18.2 Å². The van der Waals surface area contributed by atoms with Gasteiger partial charge in [0.25, 0.3) is 0 Å². The van der Waals surface area contributed by atoms with E-state index in [2.05, 4.69) is 46.8 Å². The number of hydrogen-bond acceptors (Lipinski definition) is 4. The molecule has 1 aliphatic heterocycles. The lowest BCUT2D eigenvalue weighted by Gasteiger charge is -2.15. The van der Waals surface area contributed by atoms with Gasteiger partial charge in [-0.2, -0.15) is 5.10 Å². The van der Waals surface area contributed by atoms with Crippen LogP contribution in [0.25, 0.3) is 0 Å². The van der Waals surface area contributed by atoms with Crippen LogP contribution in [0.1, 0.15) is 27.5 Å². The van der Waals surface area contributed by atoms with Gasteiger partial charge in [-0.05, 0) is 28.8 Å². The Balaban J connectivity index is 1.36. The fourth-order valence-corrected chi connectivity index (χ4v) is 4.87. The number of ether oxygens (including phenoxy) is 1. The van der Waals surface area contributed by atoms with Crippen LogP contribution in [0.2, 0.25) is 0 Å². The van der Waals surface area contributed by atoms with E-state index in [4.69, 9.17) is 4.74 Å². The fourth-order valence-electron chi connectivity index (χ4n) is 3.78. The Hall–Kier alpha value is -3.51. The first-order valence-corrected chi connectivity index (χ1v) is 11.6. The van der Waals surface area contributed by atoms with Crippen molar-refractivity contribution < 1.29 is 9.53 Å². The second kappa shape index (κ2) is 9.32. The highest BCUT2D eigenvalue weighted by atomic mass is 32.2. The zero-order chi connectivity index (χ0) is 21.8. The number of rotatable bonds is 6. The van der Waals surface area contributed by atoms with Gasteiger partial charge in [0.15, 0.2) is 0 Å². The molecule has 3 aromatic carbocycles. The molecule has 5 rings (SSSR count). The highest BCUT2D eigenvalue weighted by Gasteiger charge is 2.27. The molecule has 0 saturated heterocycles.